The Morgan fingerprint density at radius 2 is 2.11 bits per heavy atom. The Balaban J connectivity index is 2.56. The Labute approximate surface area is 120 Å². The van der Waals surface area contributed by atoms with Crippen molar-refractivity contribution >= 4 is 27.8 Å². The third-order valence-electron chi connectivity index (χ3n) is 2.60. The highest BCUT2D eigenvalue weighted by atomic mass is 79.9. The Bertz CT molecular complexity index is 446. The van der Waals surface area contributed by atoms with Gasteiger partial charge in [0, 0.05) is 12.7 Å². The molecule has 0 saturated carbocycles. The minimum Gasteiger partial charge on any atom is -0.481 e. The van der Waals surface area contributed by atoms with Gasteiger partial charge < -0.3 is 10.4 Å². The molecule has 19 heavy (non-hydrogen) atoms. The van der Waals surface area contributed by atoms with Crippen LogP contribution in [-0.4, -0.2) is 28.5 Å². The summed E-state index contributed by atoms with van der Waals surface area (Å²) >= 11 is 3.18. The van der Waals surface area contributed by atoms with Crippen molar-refractivity contribution in [1.82, 2.24) is 10.3 Å². The molecule has 6 heteroatoms. The maximum Gasteiger partial charge on any atom is 0.308 e. The SMILES string of the molecule is CC(C)CC(CNC(=O)c1ccc(Br)nc1)C(=O)O. The van der Waals surface area contributed by atoms with Crippen molar-refractivity contribution in [3.8, 4) is 0 Å². The van der Waals surface area contributed by atoms with Crippen molar-refractivity contribution in [3.63, 3.8) is 0 Å². The number of nitrogens with zero attached hydrogens (tertiary/aromatic N) is 1. The normalized spacial score (nSPS) is 12.2. The number of aliphatic carboxylic acids is 1. The van der Waals surface area contributed by atoms with Gasteiger partial charge in [-0.25, -0.2) is 4.98 Å². The average Bonchev–Trinajstić information content (AvgIpc) is 2.34. The van der Waals surface area contributed by atoms with Crippen LogP contribution >= 0.6 is 15.9 Å². The van der Waals surface area contributed by atoms with Gasteiger partial charge in [-0.2, -0.15) is 0 Å². The number of hydrogen-bond acceptors (Lipinski definition) is 3. The Morgan fingerprint density at radius 3 is 2.58 bits per heavy atom. The van der Waals surface area contributed by atoms with Crippen LogP contribution < -0.4 is 5.32 Å². The molecule has 5 nitrogen and oxygen atoms in total. The van der Waals surface area contributed by atoms with E-state index in [-0.39, 0.29) is 18.4 Å². The number of carbonyl (C=O) groups is 2. The number of amides is 1. The molecule has 1 amide bonds. The number of hydrogen-bond donors (Lipinski definition) is 2. The summed E-state index contributed by atoms with van der Waals surface area (Å²) in [5, 5.41) is 11.7. The maximum atomic E-state index is 11.8. The van der Waals surface area contributed by atoms with Gasteiger partial charge in [-0.1, -0.05) is 13.8 Å². The molecule has 1 heterocycles. The van der Waals surface area contributed by atoms with Gasteiger partial charge in [-0.15, -0.1) is 0 Å². The first-order chi connectivity index (χ1) is 8.90. The van der Waals surface area contributed by atoms with Gasteiger partial charge in [0.25, 0.3) is 5.91 Å². The summed E-state index contributed by atoms with van der Waals surface area (Å²) in [7, 11) is 0. The van der Waals surface area contributed by atoms with Crippen molar-refractivity contribution < 1.29 is 14.7 Å². The summed E-state index contributed by atoms with van der Waals surface area (Å²) in [4.78, 5) is 26.8. The molecular formula is C13H17BrN2O3. The number of carbonyl (C=O) groups excluding carboxylic acids is 1. The smallest absolute Gasteiger partial charge is 0.308 e. The molecule has 0 aliphatic rings. The van der Waals surface area contributed by atoms with Crippen molar-refractivity contribution in [2.45, 2.75) is 20.3 Å². The van der Waals surface area contributed by atoms with E-state index >= 15 is 0 Å². The minimum absolute atomic E-state index is 0.127. The first-order valence-electron chi connectivity index (χ1n) is 6.02. The van der Waals surface area contributed by atoms with Crippen LogP contribution in [0.25, 0.3) is 0 Å². The highest BCUT2D eigenvalue weighted by molar-refractivity contribution is 9.10. The number of halogens is 1. The third kappa shape index (κ3) is 5.38. The van der Waals surface area contributed by atoms with Gasteiger partial charge in [-0.3, -0.25) is 9.59 Å². The fraction of sp³-hybridized carbons (Fsp3) is 0.462. The van der Waals surface area contributed by atoms with E-state index in [2.05, 4.69) is 26.2 Å². The largest absolute Gasteiger partial charge is 0.481 e. The van der Waals surface area contributed by atoms with Gasteiger partial charge in [0.2, 0.25) is 0 Å². The summed E-state index contributed by atoms with van der Waals surface area (Å²) in [5.74, 6) is -1.49. The molecule has 1 rings (SSSR count). The van der Waals surface area contributed by atoms with Gasteiger partial charge >= 0.3 is 5.97 Å². The second-order valence-electron chi connectivity index (χ2n) is 4.74. The van der Waals surface area contributed by atoms with Crippen molar-refractivity contribution in [2.24, 2.45) is 11.8 Å². The number of rotatable bonds is 6. The highest BCUT2D eigenvalue weighted by Crippen LogP contribution is 2.11. The van der Waals surface area contributed by atoms with E-state index in [1.54, 1.807) is 12.1 Å². The molecule has 1 atom stereocenters. The lowest BCUT2D eigenvalue weighted by molar-refractivity contribution is -0.142. The molecular weight excluding hydrogens is 312 g/mol. The molecule has 0 fully saturated rings. The summed E-state index contributed by atoms with van der Waals surface area (Å²) in [6.45, 7) is 4.04. The Morgan fingerprint density at radius 1 is 1.42 bits per heavy atom. The van der Waals surface area contributed by atoms with E-state index in [4.69, 9.17) is 5.11 Å². The van der Waals surface area contributed by atoms with E-state index in [0.717, 1.165) is 0 Å². The van der Waals surface area contributed by atoms with Gasteiger partial charge in [0.15, 0.2) is 0 Å². The lowest BCUT2D eigenvalue weighted by atomic mass is 9.97. The second kappa shape index (κ2) is 7.23. The van der Waals surface area contributed by atoms with Gasteiger partial charge in [0.1, 0.15) is 4.60 Å². The molecule has 0 aromatic carbocycles. The molecule has 0 bridgehead atoms. The molecule has 104 valence electrons. The van der Waals surface area contributed by atoms with Crippen molar-refractivity contribution in [3.05, 3.63) is 28.5 Å². The summed E-state index contributed by atoms with van der Waals surface area (Å²) in [6, 6.07) is 3.29. The molecule has 2 N–H and O–H groups in total. The van der Waals surface area contributed by atoms with Crippen LogP contribution in [0.1, 0.15) is 30.6 Å². The predicted octanol–water partition coefficient (Wildman–Crippen LogP) is 2.32. The molecule has 1 unspecified atom stereocenters. The van der Waals surface area contributed by atoms with E-state index in [0.29, 0.717) is 16.6 Å². The summed E-state index contributed by atoms with van der Waals surface area (Å²) in [5.41, 5.74) is 0.414. The molecule has 1 aromatic heterocycles. The molecule has 0 radical (unpaired) electrons. The Kier molecular flexibility index (Phi) is 5.95. The maximum absolute atomic E-state index is 11.8. The number of carboxylic acids is 1. The van der Waals surface area contributed by atoms with E-state index in [9.17, 15) is 9.59 Å². The number of carboxylic acid groups (broad SMARTS) is 1. The molecule has 0 spiro atoms. The van der Waals surface area contributed by atoms with Crippen LogP contribution in [0.3, 0.4) is 0 Å². The van der Waals surface area contributed by atoms with Crippen LogP contribution in [-0.2, 0) is 4.79 Å². The van der Waals surface area contributed by atoms with E-state index in [1.165, 1.54) is 6.20 Å². The van der Waals surface area contributed by atoms with Gasteiger partial charge in [-0.05, 0) is 40.4 Å². The first kappa shape index (κ1) is 15.6. The highest BCUT2D eigenvalue weighted by Gasteiger charge is 2.20. The molecule has 0 aliphatic heterocycles. The third-order valence-corrected chi connectivity index (χ3v) is 3.07. The minimum atomic E-state index is -0.886. The zero-order valence-corrected chi connectivity index (χ0v) is 12.5. The predicted molar refractivity (Wildman–Crippen MR) is 74.9 cm³/mol. The van der Waals surface area contributed by atoms with Crippen LogP contribution in [0.2, 0.25) is 0 Å². The molecule has 0 saturated heterocycles. The number of aromatic nitrogens is 1. The summed E-state index contributed by atoms with van der Waals surface area (Å²) in [6.07, 6.45) is 1.98. The van der Waals surface area contributed by atoms with Crippen molar-refractivity contribution in [2.75, 3.05) is 6.54 Å². The second-order valence-corrected chi connectivity index (χ2v) is 5.56. The number of pyridine rings is 1. The van der Waals surface area contributed by atoms with Crippen molar-refractivity contribution in [1.29, 1.82) is 0 Å². The zero-order chi connectivity index (χ0) is 14.4. The van der Waals surface area contributed by atoms with Crippen LogP contribution in [0.15, 0.2) is 22.9 Å². The Hall–Kier alpha value is -1.43. The number of nitrogens with one attached hydrogen (secondary N) is 1. The average molecular weight is 329 g/mol. The standard InChI is InChI=1S/C13H17BrN2O3/c1-8(2)5-10(13(18)19)7-16-12(17)9-3-4-11(14)15-6-9/h3-4,6,8,10H,5,7H2,1-2H3,(H,16,17)(H,18,19). The fourth-order valence-electron chi connectivity index (χ4n) is 1.67. The zero-order valence-electron chi connectivity index (χ0n) is 10.9. The molecule has 0 aliphatic carbocycles. The fourth-order valence-corrected chi connectivity index (χ4v) is 1.90. The van der Waals surface area contributed by atoms with E-state index < -0.39 is 11.9 Å². The summed E-state index contributed by atoms with van der Waals surface area (Å²) < 4.78 is 0.646. The first-order valence-corrected chi connectivity index (χ1v) is 6.82. The van der Waals surface area contributed by atoms with Crippen LogP contribution in [0.5, 0.6) is 0 Å². The monoisotopic (exact) mass is 328 g/mol. The van der Waals surface area contributed by atoms with Crippen LogP contribution in [0, 0.1) is 11.8 Å². The topological polar surface area (TPSA) is 79.3 Å². The van der Waals surface area contributed by atoms with Crippen LogP contribution in [0.4, 0.5) is 0 Å². The van der Waals surface area contributed by atoms with E-state index in [1.807, 2.05) is 13.8 Å². The van der Waals surface area contributed by atoms with Gasteiger partial charge in [0.05, 0.1) is 11.5 Å². The lowest BCUT2D eigenvalue weighted by Crippen LogP contribution is -2.33. The quantitative estimate of drug-likeness (QED) is 0.785. The lowest BCUT2D eigenvalue weighted by Gasteiger charge is -2.15. The molecule has 1 aromatic rings.